The first kappa shape index (κ1) is 15.5. The van der Waals surface area contributed by atoms with Crippen molar-refractivity contribution in [1.82, 2.24) is 9.55 Å². The number of aromatic amines is 1. The summed E-state index contributed by atoms with van der Waals surface area (Å²) in [5.41, 5.74) is 1.24. The van der Waals surface area contributed by atoms with Gasteiger partial charge in [-0.1, -0.05) is 23.7 Å². The third-order valence-electron chi connectivity index (χ3n) is 3.49. The van der Waals surface area contributed by atoms with Crippen molar-refractivity contribution in [3.8, 4) is 0 Å². The van der Waals surface area contributed by atoms with Crippen molar-refractivity contribution in [2.75, 3.05) is 5.32 Å². The van der Waals surface area contributed by atoms with Gasteiger partial charge in [0.25, 0.3) is 11.5 Å². The molecule has 0 radical (unpaired) electrons. The molecule has 0 aliphatic rings. The van der Waals surface area contributed by atoms with Gasteiger partial charge in [0.2, 0.25) is 0 Å². The van der Waals surface area contributed by atoms with Gasteiger partial charge in [0, 0.05) is 12.6 Å². The van der Waals surface area contributed by atoms with Gasteiger partial charge in [-0.15, -0.1) is 0 Å². The van der Waals surface area contributed by atoms with E-state index < -0.39 is 0 Å². The lowest BCUT2D eigenvalue weighted by molar-refractivity contribution is 0.102. The maximum Gasteiger partial charge on any atom is 0.261 e. The Morgan fingerprint density at radius 3 is 2.74 bits per heavy atom. The second-order valence-corrected chi connectivity index (χ2v) is 5.78. The van der Waals surface area contributed by atoms with Gasteiger partial charge in [0.15, 0.2) is 4.77 Å². The van der Waals surface area contributed by atoms with Crippen molar-refractivity contribution in [1.29, 1.82) is 0 Å². The summed E-state index contributed by atoms with van der Waals surface area (Å²) in [7, 11) is 1.60. The molecule has 0 atom stereocenters. The first-order valence-corrected chi connectivity index (χ1v) is 7.55. The molecule has 1 aromatic heterocycles. The number of amides is 1. The molecule has 0 unspecified atom stereocenters. The molecule has 0 saturated carbocycles. The minimum Gasteiger partial charge on any atom is -0.332 e. The van der Waals surface area contributed by atoms with Gasteiger partial charge < -0.3 is 10.3 Å². The molecule has 3 rings (SSSR count). The highest BCUT2D eigenvalue weighted by molar-refractivity contribution is 7.71. The summed E-state index contributed by atoms with van der Waals surface area (Å²) in [4.78, 5) is 27.4. The molecule has 0 fully saturated rings. The van der Waals surface area contributed by atoms with Crippen LogP contribution >= 0.6 is 23.8 Å². The van der Waals surface area contributed by atoms with Gasteiger partial charge in [0.1, 0.15) is 0 Å². The lowest BCUT2D eigenvalue weighted by atomic mass is 10.1. The Morgan fingerprint density at radius 2 is 2.00 bits per heavy atom. The van der Waals surface area contributed by atoms with Crippen LogP contribution in [0.5, 0.6) is 0 Å². The molecular weight excluding hydrogens is 334 g/mol. The van der Waals surface area contributed by atoms with E-state index in [0.717, 1.165) is 0 Å². The number of H-pyrrole nitrogens is 1. The predicted octanol–water partition coefficient (Wildman–Crippen LogP) is 3.50. The zero-order valence-electron chi connectivity index (χ0n) is 12.1. The van der Waals surface area contributed by atoms with E-state index in [1.165, 1.54) is 4.57 Å². The second-order valence-electron chi connectivity index (χ2n) is 4.99. The number of nitrogens with one attached hydrogen (secondary N) is 2. The summed E-state index contributed by atoms with van der Waals surface area (Å²) in [5, 5.41) is 3.66. The van der Waals surface area contributed by atoms with Crippen molar-refractivity contribution in [2.45, 2.75) is 0 Å². The minimum absolute atomic E-state index is 0.207. The van der Waals surface area contributed by atoms with Crippen LogP contribution in [0.25, 0.3) is 10.9 Å². The highest BCUT2D eigenvalue weighted by Crippen LogP contribution is 2.21. The highest BCUT2D eigenvalue weighted by atomic mass is 35.5. The van der Waals surface area contributed by atoms with Crippen LogP contribution in [0.2, 0.25) is 5.02 Å². The van der Waals surface area contributed by atoms with E-state index in [0.29, 0.717) is 31.9 Å². The van der Waals surface area contributed by atoms with E-state index in [1.54, 1.807) is 49.5 Å². The third-order valence-corrected chi connectivity index (χ3v) is 4.19. The van der Waals surface area contributed by atoms with E-state index >= 15 is 0 Å². The predicted molar refractivity (Wildman–Crippen MR) is 93.8 cm³/mol. The fourth-order valence-electron chi connectivity index (χ4n) is 2.20. The quantitative estimate of drug-likeness (QED) is 0.698. The van der Waals surface area contributed by atoms with Crippen molar-refractivity contribution in [3.63, 3.8) is 0 Å². The Hall–Kier alpha value is -2.44. The number of aromatic nitrogens is 2. The fourth-order valence-corrected chi connectivity index (χ4v) is 2.58. The molecule has 0 aliphatic carbocycles. The van der Waals surface area contributed by atoms with E-state index in [2.05, 4.69) is 10.3 Å². The van der Waals surface area contributed by atoms with Crippen LogP contribution < -0.4 is 10.9 Å². The van der Waals surface area contributed by atoms with Gasteiger partial charge in [-0.2, -0.15) is 0 Å². The first-order valence-electron chi connectivity index (χ1n) is 6.76. The molecule has 0 saturated heterocycles. The molecule has 23 heavy (non-hydrogen) atoms. The van der Waals surface area contributed by atoms with Crippen LogP contribution in [0.15, 0.2) is 47.3 Å². The average molecular weight is 346 g/mol. The number of benzene rings is 2. The Balaban J connectivity index is 2.02. The number of rotatable bonds is 2. The monoisotopic (exact) mass is 345 g/mol. The SMILES string of the molecule is Cn1c(=S)[nH]c2cc(C(=O)Nc3ccccc3Cl)ccc2c1=O. The number of para-hydroxylation sites is 1. The number of anilines is 1. The minimum atomic E-state index is -0.319. The Morgan fingerprint density at radius 1 is 1.26 bits per heavy atom. The van der Waals surface area contributed by atoms with Crippen LogP contribution in [0, 0.1) is 4.77 Å². The number of halogens is 1. The molecule has 5 nitrogen and oxygen atoms in total. The Bertz CT molecular complexity index is 1040. The molecule has 3 aromatic rings. The van der Waals surface area contributed by atoms with Gasteiger partial charge in [-0.05, 0) is 42.5 Å². The van der Waals surface area contributed by atoms with Crippen LogP contribution in [0.4, 0.5) is 5.69 Å². The first-order chi connectivity index (χ1) is 11.0. The van der Waals surface area contributed by atoms with E-state index in [-0.39, 0.29) is 11.5 Å². The standard InChI is InChI=1S/C16H12ClN3O2S/c1-20-15(22)10-7-6-9(8-13(10)19-16(20)23)14(21)18-12-5-3-2-4-11(12)17/h2-8H,1H3,(H,18,21)(H,19,23). The third kappa shape index (κ3) is 2.91. The number of hydrogen-bond acceptors (Lipinski definition) is 3. The summed E-state index contributed by atoms with van der Waals surface area (Å²) in [5.74, 6) is -0.319. The van der Waals surface area contributed by atoms with Crippen molar-refractivity contribution in [2.24, 2.45) is 7.05 Å². The summed E-state index contributed by atoms with van der Waals surface area (Å²) in [6, 6.07) is 11.8. The zero-order chi connectivity index (χ0) is 16.6. The van der Waals surface area contributed by atoms with Crippen molar-refractivity contribution in [3.05, 3.63) is 68.2 Å². The fraction of sp³-hybridized carbons (Fsp3) is 0.0625. The average Bonchev–Trinajstić information content (AvgIpc) is 2.54. The lowest BCUT2D eigenvalue weighted by Crippen LogP contribution is -2.19. The van der Waals surface area contributed by atoms with E-state index in [4.69, 9.17) is 23.8 Å². The van der Waals surface area contributed by atoms with E-state index in [9.17, 15) is 9.59 Å². The molecule has 2 aromatic carbocycles. The molecule has 0 aliphatic heterocycles. The number of carbonyl (C=O) groups is 1. The summed E-state index contributed by atoms with van der Waals surface area (Å²) < 4.78 is 1.65. The normalized spacial score (nSPS) is 10.7. The molecule has 7 heteroatoms. The molecule has 1 amide bonds. The Labute approximate surface area is 141 Å². The van der Waals surface area contributed by atoms with Crippen molar-refractivity contribution >= 4 is 46.3 Å². The van der Waals surface area contributed by atoms with Gasteiger partial charge in [-0.25, -0.2) is 0 Å². The molecule has 116 valence electrons. The molecule has 1 heterocycles. The highest BCUT2D eigenvalue weighted by Gasteiger charge is 2.10. The summed E-state index contributed by atoms with van der Waals surface area (Å²) in [6.45, 7) is 0. The smallest absolute Gasteiger partial charge is 0.261 e. The Kier molecular flexibility index (Phi) is 4.02. The molecule has 0 spiro atoms. The topological polar surface area (TPSA) is 66.9 Å². The van der Waals surface area contributed by atoms with Gasteiger partial charge in [0.05, 0.1) is 21.6 Å². The largest absolute Gasteiger partial charge is 0.332 e. The zero-order valence-corrected chi connectivity index (χ0v) is 13.7. The van der Waals surface area contributed by atoms with Crippen LogP contribution in [-0.4, -0.2) is 15.5 Å². The number of carbonyl (C=O) groups excluding carboxylic acids is 1. The molecular formula is C16H12ClN3O2S. The van der Waals surface area contributed by atoms with Gasteiger partial charge >= 0.3 is 0 Å². The number of fused-ring (bicyclic) bond motifs is 1. The maximum absolute atomic E-state index is 12.4. The number of hydrogen-bond donors (Lipinski definition) is 2. The number of nitrogens with zero attached hydrogens (tertiary/aromatic N) is 1. The molecule has 2 N–H and O–H groups in total. The lowest BCUT2D eigenvalue weighted by Gasteiger charge is -2.08. The van der Waals surface area contributed by atoms with Gasteiger partial charge in [-0.3, -0.25) is 14.2 Å². The van der Waals surface area contributed by atoms with E-state index in [1.807, 2.05) is 0 Å². The molecule has 0 bridgehead atoms. The van der Waals surface area contributed by atoms with Crippen LogP contribution in [-0.2, 0) is 7.05 Å². The summed E-state index contributed by atoms with van der Waals surface area (Å²) >= 11 is 11.1. The second kappa shape index (κ2) is 5.98. The maximum atomic E-state index is 12.4. The van der Waals surface area contributed by atoms with Crippen LogP contribution in [0.1, 0.15) is 10.4 Å². The van der Waals surface area contributed by atoms with Crippen molar-refractivity contribution < 1.29 is 4.79 Å². The summed E-state index contributed by atoms with van der Waals surface area (Å²) in [6.07, 6.45) is 0. The van der Waals surface area contributed by atoms with Crippen LogP contribution in [0.3, 0.4) is 0 Å².